The Labute approximate surface area is 134 Å². The van der Waals surface area contributed by atoms with Crippen LogP contribution in [0.15, 0.2) is 46.9 Å². The van der Waals surface area contributed by atoms with Gasteiger partial charge in [-0.3, -0.25) is 4.90 Å². The number of nitrogens with zero attached hydrogens (tertiary/aromatic N) is 2. The maximum Gasteiger partial charge on any atom is 0.199 e. The lowest BCUT2D eigenvalue weighted by atomic mass is 10.1. The van der Waals surface area contributed by atoms with E-state index in [1.54, 1.807) is 6.07 Å². The minimum absolute atomic E-state index is 0.273. The highest BCUT2D eigenvalue weighted by atomic mass is 19.1. The highest BCUT2D eigenvalue weighted by Gasteiger charge is 2.28. The first-order valence-corrected chi connectivity index (χ1v) is 8.02. The van der Waals surface area contributed by atoms with Gasteiger partial charge in [-0.25, -0.2) is 9.37 Å². The van der Waals surface area contributed by atoms with Crippen molar-refractivity contribution in [3.8, 4) is 0 Å². The summed E-state index contributed by atoms with van der Waals surface area (Å²) in [5.41, 5.74) is 3.97. The summed E-state index contributed by atoms with van der Waals surface area (Å²) < 4.78 is 19.1. The van der Waals surface area contributed by atoms with Crippen molar-refractivity contribution < 1.29 is 8.81 Å². The minimum atomic E-state index is -0.273. The van der Waals surface area contributed by atoms with Gasteiger partial charge < -0.3 is 4.42 Å². The van der Waals surface area contributed by atoms with Crippen LogP contribution in [-0.4, -0.2) is 23.0 Å². The molecule has 2 heterocycles. The summed E-state index contributed by atoms with van der Waals surface area (Å²) >= 11 is 0. The molecule has 23 heavy (non-hydrogen) atoms. The fourth-order valence-corrected chi connectivity index (χ4v) is 3.30. The van der Waals surface area contributed by atoms with Gasteiger partial charge in [0.15, 0.2) is 11.5 Å². The van der Waals surface area contributed by atoms with Crippen LogP contribution < -0.4 is 0 Å². The van der Waals surface area contributed by atoms with E-state index in [4.69, 9.17) is 4.42 Å². The van der Waals surface area contributed by atoms with Gasteiger partial charge in [-0.1, -0.05) is 24.3 Å². The zero-order chi connectivity index (χ0) is 15.8. The molecule has 0 aliphatic carbocycles. The largest absolute Gasteiger partial charge is 0.440 e. The van der Waals surface area contributed by atoms with Crippen molar-refractivity contribution in [3.05, 3.63) is 65.3 Å². The standard InChI is InChI=1S/C19H19FN2O/c1-13-4-2-3-5-14(13)11-22-9-8-15(12-22)19-21-17-10-16(20)6-7-18(17)23-19/h2-7,10,15H,8-9,11-12H2,1H3. The van der Waals surface area contributed by atoms with Crippen molar-refractivity contribution in [2.24, 2.45) is 0 Å². The molecule has 4 heteroatoms. The summed E-state index contributed by atoms with van der Waals surface area (Å²) in [4.78, 5) is 6.91. The summed E-state index contributed by atoms with van der Waals surface area (Å²) in [7, 11) is 0. The van der Waals surface area contributed by atoms with Crippen molar-refractivity contribution in [2.45, 2.75) is 25.8 Å². The smallest absolute Gasteiger partial charge is 0.199 e. The van der Waals surface area contributed by atoms with Crippen LogP contribution >= 0.6 is 0 Å². The van der Waals surface area contributed by atoms with Gasteiger partial charge in [0.1, 0.15) is 11.3 Å². The Morgan fingerprint density at radius 2 is 2.13 bits per heavy atom. The van der Waals surface area contributed by atoms with E-state index in [-0.39, 0.29) is 11.7 Å². The predicted molar refractivity (Wildman–Crippen MR) is 87.8 cm³/mol. The second kappa shape index (κ2) is 5.78. The van der Waals surface area contributed by atoms with Crippen LogP contribution in [0.4, 0.5) is 4.39 Å². The quantitative estimate of drug-likeness (QED) is 0.723. The Morgan fingerprint density at radius 3 is 3.00 bits per heavy atom. The number of oxazole rings is 1. The molecule has 0 bridgehead atoms. The molecule has 3 nitrogen and oxygen atoms in total. The zero-order valence-corrected chi connectivity index (χ0v) is 13.1. The molecule has 1 saturated heterocycles. The van der Waals surface area contributed by atoms with Crippen molar-refractivity contribution in [2.75, 3.05) is 13.1 Å². The average molecular weight is 310 g/mol. The van der Waals surface area contributed by atoms with Gasteiger partial charge >= 0.3 is 0 Å². The molecule has 0 saturated carbocycles. The molecule has 0 amide bonds. The summed E-state index contributed by atoms with van der Waals surface area (Å²) in [6, 6.07) is 13.0. The van der Waals surface area contributed by atoms with Crippen LogP contribution in [-0.2, 0) is 6.54 Å². The van der Waals surface area contributed by atoms with Crippen molar-refractivity contribution in [3.63, 3.8) is 0 Å². The number of benzene rings is 2. The first kappa shape index (κ1) is 14.4. The lowest BCUT2D eigenvalue weighted by Crippen LogP contribution is -2.20. The van der Waals surface area contributed by atoms with E-state index in [2.05, 4.69) is 41.1 Å². The molecule has 3 aromatic rings. The Morgan fingerprint density at radius 1 is 1.26 bits per heavy atom. The van der Waals surface area contributed by atoms with Gasteiger partial charge in [0, 0.05) is 25.1 Å². The molecule has 0 N–H and O–H groups in total. The van der Waals surface area contributed by atoms with Crippen LogP contribution in [0.3, 0.4) is 0 Å². The van der Waals surface area contributed by atoms with Gasteiger partial charge in [0.25, 0.3) is 0 Å². The number of fused-ring (bicyclic) bond motifs is 1. The number of aromatic nitrogens is 1. The Kier molecular flexibility index (Phi) is 3.62. The summed E-state index contributed by atoms with van der Waals surface area (Å²) in [5.74, 6) is 0.748. The Bertz CT molecular complexity index is 842. The molecule has 1 aromatic heterocycles. The summed E-state index contributed by atoms with van der Waals surface area (Å²) in [6.07, 6.45) is 1.03. The number of halogens is 1. The van der Waals surface area contributed by atoms with E-state index in [0.717, 1.165) is 31.9 Å². The van der Waals surface area contributed by atoms with E-state index in [9.17, 15) is 4.39 Å². The normalized spacial score (nSPS) is 18.8. The molecule has 1 fully saturated rings. The van der Waals surface area contributed by atoms with Crippen molar-refractivity contribution in [1.82, 2.24) is 9.88 Å². The summed E-state index contributed by atoms with van der Waals surface area (Å²) in [6.45, 7) is 5.08. The number of likely N-dealkylation sites (tertiary alicyclic amines) is 1. The number of hydrogen-bond donors (Lipinski definition) is 0. The molecular formula is C19H19FN2O. The van der Waals surface area contributed by atoms with E-state index >= 15 is 0 Å². The van der Waals surface area contributed by atoms with Gasteiger partial charge in [0.2, 0.25) is 0 Å². The molecule has 0 radical (unpaired) electrons. The molecule has 1 unspecified atom stereocenters. The monoisotopic (exact) mass is 310 g/mol. The number of hydrogen-bond acceptors (Lipinski definition) is 3. The number of rotatable bonds is 3. The molecule has 118 valence electrons. The van der Waals surface area contributed by atoms with Gasteiger partial charge in [-0.15, -0.1) is 0 Å². The third kappa shape index (κ3) is 2.86. The first-order valence-electron chi connectivity index (χ1n) is 8.02. The molecule has 0 spiro atoms. The third-order valence-electron chi connectivity index (χ3n) is 4.64. The van der Waals surface area contributed by atoms with E-state index in [0.29, 0.717) is 11.1 Å². The van der Waals surface area contributed by atoms with Crippen LogP contribution in [0.1, 0.15) is 29.4 Å². The van der Waals surface area contributed by atoms with Crippen LogP contribution in [0.25, 0.3) is 11.1 Å². The second-order valence-corrected chi connectivity index (χ2v) is 6.31. The van der Waals surface area contributed by atoms with E-state index in [1.807, 2.05) is 0 Å². The maximum atomic E-state index is 13.3. The Balaban J connectivity index is 1.50. The topological polar surface area (TPSA) is 29.3 Å². The lowest BCUT2D eigenvalue weighted by molar-refractivity contribution is 0.320. The lowest BCUT2D eigenvalue weighted by Gasteiger charge is -2.16. The highest BCUT2D eigenvalue weighted by molar-refractivity contribution is 5.72. The van der Waals surface area contributed by atoms with Crippen LogP contribution in [0.5, 0.6) is 0 Å². The van der Waals surface area contributed by atoms with E-state index in [1.165, 1.54) is 23.3 Å². The average Bonchev–Trinajstić information content (AvgIpc) is 3.15. The SMILES string of the molecule is Cc1ccccc1CN1CCC(c2nc3cc(F)ccc3o2)C1. The third-order valence-corrected chi connectivity index (χ3v) is 4.64. The molecule has 4 rings (SSSR count). The van der Waals surface area contributed by atoms with Gasteiger partial charge in [-0.2, -0.15) is 0 Å². The Hall–Kier alpha value is -2.20. The molecule has 2 aromatic carbocycles. The van der Waals surface area contributed by atoms with Crippen LogP contribution in [0, 0.1) is 12.7 Å². The fourth-order valence-electron chi connectivity index (χ4n) is 3.30. The summed E-state index contributed by atoms with van der Waals surface area (Å²) in [5, 5.41) is 0. The zero-order valence-electron chi connectivity index (χ0n) is 13.1. The van der Waals surface area contributed by atoms with Crippen molar-refractivity contribution in [1.29, 1.82) is 0 Å². The fraction of sp³-hybridized carbons (Fsp3) is 0.316. The highest BCUT2D eigenvalue weighted by Crippen LogP contribution is 2.30. The first-order chi connectivity index (χ1) is 11.2. The van der Waals surface area contributed by atoms with Crippen LogP contribution in [0.2, 0.25) is 0 Å². The predicted octanol–water partition coefficient (Wildman–Crippen LogP) is 4.26. The van der Waals surface area contributed by atoms with Gasteiger partial charge in [-0.05, 0) is 43.1 Å². The molecule has 1 aliphatic rings. The second-order valence-electron chi connectivity index (χ2n) is 6.31. The molecule has 1 atom stereocenters. The molecular weight excluding hydrogens is 291 g/mol. The van der Waals surface area contributed by atoms with Crippen molar-refractivity contribution >= 4 is 11.1 Å². The number of aryl methyl sites for hydroxylation is 1. The minimum Gasteiger partial charge on any atom is -0.440 e. The maximum absolute atomic E-state index is 13.3. The molecule has 1 aliphatic heterocycles. The van der Waals surface area contributed by atoms with Gasteiger partial charge in [0.05, 0.1) is 0 Å². The van der Waals surface area contributed by atoms with E-state index < -0.39 is 0 Å².